The maximum Gasteiger partial charge on any atom is 0.273 e. The van der Waals surface area contributed by atoms with E-state index in [9.17, 15) is 4.79 Å². The molecule has 1 amide bonds. The molecule has 1 aromatic heterocycles. The Morgan fingerprint density at radius 2 is 2.32 bits per heavy atom. The quantitative estimate of drug-likeness (QED) is 0.840. The van der Waals surface area contributed by atoms with E-state index in [1.807, 2.05) is 6.26 Å². The lowest BCUT2D eigenvalue weighted by Crippen LogP contribution is -2.43. The third-order valence-electron chi connectivity index (χ3n) is 4.73. The van der Waals surface area contributed by atoms with Crippen LogP contribution in [0.3, 0.4) is 0 Å². The van der Waals surface area contributed by atoms with Gasteiger partial charge in [-0.3, -0.25) is 4.79 Å². The van der Waals surface area contributed by atoms with E-state index in [-0.39, 0.29) is 18.0 Å². The van der Waals surface area contributed by atoms with Crippen LogP contribution in [0.15, 0.2) is 10.7 Å². The SMILES string of the molecule is CSCCC(N)c1nc(C(=O)NC2CCCC(C)C2C)co1. The summed E-state index contributed by atoms with van der Waals surface area (Å²) in [6, 6.07) is -0.0239. The summed E-state index contributed by atoms with van der Waals surface area (Å²) in [5.74, 6) is 2.38. The summed E-state index contributed by atoms with van der Waals surface area (Å²) in [5.41, 5.74) is 6.35. The Kier molecular flexibility index (Phi) is 6.32. The van der Waals surface area contributed by atoms with Gasteiger partial charge in [0.05, 0.1) is 6.04 Å². The Balaban J connectivity index is 1.94. The number of carbonyl (C=O) groups excluding carboxylic acids is 1. The zero-order chi connectivity index (χ0) is 16.1. The van der Waals surface area contributed by atoms with Crippen molar-refractivity contribution in [2.45, 2.75) is 51.6 Å². The molecule has 22 heavy (non-hydrogen) atoms. The van der Waals surface area contributed by atoms with E-state index in [4.69, 9.17) is 10.2 Å². The van der Waals surface area contributed by atoms with Crippen molar-refractivity contribution >= 4 is 17.7 Å². The molecule has 1 aliphatic rings. The highest BCUT2D eigenvalue weighted by molar-refractivity contribution is 7.98. The van der Waals surface area contributed by atoms with Crippen LogP contribution in [0.2, 0.25) is 0 Å². The molecule has 4 atom stereocenters. The molecule has 3 N–H and O–H groups in total. The summed E-state index contributed by atoms with van der Waals surface area (Å²) >= 11 is 1.73. The van der Waals surface area contributed by atoms with Crippen molar-refractivity contribution < 1.29 is 9.21 Å². The van der Waals surface area contributed by atoms with Gasteiger partial charge < -0.3 is 15.5 Å². The van der Waals surface area contributed by atoms with Crippen molar-refractivity contribution in [3.63, 3.8) is 0 Å². The van der Waals surface area contributed by atoms with E-state index in [1.54, 1.807) is 11.8 Å². The highest BCUT2D eigenvalue weighted by Gasteiger charge is 2.29. The number of rotatable bonds is 6. The molecule has 2 rings (SSSR count). The molecule has 0 saturated heterocycles. The summed E-state index contributed by atoms with van der Waals surface area (Å²) in [4.78, 5) is 16.6. The normalized spacial score (nSPS) is 26.6. The van der Waals surface area contributed by atoms with Crippen LogP contribution < -0.4 is 11.1 Å². The van der Waals surface area contributed by atoms with Crippen LogP contribution in [0.1, 0.15) is 62.0 Å². The lowest BCUT2D eigenvalue weighted by Gasteiger charge is -2.34. The van der Waals surface area contributed by atoms with Gasteiger partial charge in [-0.2, -0.15) is 11.8 Å². The summed E-state index contributed by atoms with van der Waals surface area (Å²) in [6.45, 7) is 4.46. The van der Waals surface area contributed by atoms with E-state index in [0.29, 0.717) is 23.4 Å². The van der Waals surface area contributed by atoms with E-state index in [1.165, 1.54) is 19.1 Å². The minimum Gasteiger partial charge on any atom is -0.446 e. The van der Waals surface area contributed by atoms with Crippen LogP contribution in [-0.2, 0) is 0 Å². The van der Waals surface area contributed by atoms with Crippen LogP contribution in [0, 0.1) is 11.8 Å². The molecule has 0 bridgehead atoms. The fourth-order valence-corrected chi connectivity index (χ4v) is 3.45. The van der Waals surface area contributed by atoms with Gasteiger partial charge in [0.25, 0.3) is 5.91 Å². The third kappa shape index (κ3) is 4.26. The minimum absolute atomic E-state index is 0.155. The second-order valence-corrected chi connectivity index (χ2v) is 7.29. The maximum absolute atomic E-state index is 12.3. The lowest BCUT2D eigenvalue weighted by molar-refractivity contribution is 0.0886. The molecule has 0 aromatic carbocycles. The first kappa shape index (κ1) is 17.3. The molecule has 5 nitrogen and oxygen atoms in total. The molecule has 1 fully saturated rings. The van der Waals surface area contributed by atoms with Crippen molar-refractivity contribution in [1.82, 2.24) is 10.3 Å². The molecule has 1 aromatic rings. The molecule has 6 heteroatoms. The van der Waals surface area contributed by atoms with Gasteiger partial charge >= 0.3 is 0 Å². The fourth-order valence-electron chi connectivity index (χ4n) is 2.96. The number of amides is 1. The van der Waals surface area contributed by atoms with Crippen LogP contribution >= 0.6 is 11.8 Å². The molecule has 124 valence electrons. The highest BCUT2D eigenvalue weighted by Crippen LogP contribution is 2.29. The first-order valence-corrected chi connectivity index (χ1v) is 9.43. The number of carbonyl (C=O) groups is 1. The van der Waals surface area contributed by atoms with Crippen molar-refractivity contribution in [3.8, 4) is 0 Å². The number of hydrogen-bond donors (Lipinski definition) is 2. The average molecular weight is 325 g/mol. The van der Waals surface area contributed by atoms with Gasteiger partial charge in [0.1, 0.15) is 6.26 Å². The van der Waals surface area contributed by atoms with Crippen molar-refractivity contribution in [2.24, 2.45) is 17.6 Å². The first-order chi connectivity index (χ1) is 10.5. The number of nitrogens with zero attached hydrogens (tertiary/aromatic N) is 1. The van der Waals surface area contributed by atoms with Gasteiger partial charge in [0, 0.05) is 6.04 Å². The zero-order valence-corrected chi connectivity index (χ0v) is 14.5. The van der Waals surface area contributed by atoms with E-state index >= 15 is 0 Å². The van der Waals surface area contributed by atoms with Crippen molar-refractivity contribution in [1.29, 1.82) is 0 Å². The van der Waals surface area contributed by atoms with Gasteiger partial charge in [-0.15, -0.1) is 0 Å². The topological polar surface area (TPSA) is 81.1 Å². The Morgan fingerprint density at radius 1 is 1.55 bits per heavy atom. The maximum atomic E-state index is 12.3. The molecule has 1 aliphatic carbocycles. The summed E-state index contributed by atoms with van der Waals surface area (Å²) < 4.78 is 5.38. The standard InChI is InChI=1S/C16H27N3O2S/c1-10-5-4-6-13(11(10)2)18-15(20)14-9-21-16(19-14)12(17)7-8-22-3/h9-13H,4-8,17H2,1-3H3,(H,18,20). The Morgan fingerprint density at radius 3 is 3.05 bits per heavy atom. The van der Waals surface area contributed by atoms with Crippen LogP contribution in [0.4, 0.5) is 0 Å². The molecular formula is C16H27N3O2S. The number of nitrogens with two attached hydrogens (primary N) is 1. The van der Waals surface area contributed by atoms with Gasteiger partial charge in [0.2, 0.25) is 5.89 Å². The van der Waals surface area contributed by atoms with Crippen molar-refractivity contribution in [2.75, 3.05) is 12.0 Å². The number of nitrogens with one attached hydrogen (secondary N) is 1. The average Bonchev–Trinajstić information content (AvgIpc) is 2.99. The molecular weight excluding hydrogens is 298 g/mol. The molecule has 0 radical (unpaired) electrons. The number of thioether (sulfide) groups is 1. The molecule has 4 unspecified atom stereocenters. The molecule has 0 spiro atoms. The number of aromatic nitrogens is 1. The first-order valence-electron chi connectivity index (χ1n) is 8.03. The Bertz CT molecular complexity index is 491. The van der Waals surface area contributed by atoms with Crippen LogP contribution in [0.5, 0.6) is 0 Å². The largest absolute Gasteiger partial charge is 0.446 e. The van der Waals surface area contributed by atoms with Gasteiger partial charge in [-0.05, 0) is 36.7 Å². The third-order valence-corrected chi connectivity index (χ3v) is 5.37. The van der Waals surface area contributed by atoms with E-state index in [0.717, 1.165) is 18.6 Å². The van der Waals surface area contributed by atoms with E-state index in [2.05, 4.69) is 24.1 Å². The fraction of sp³-hybridized carbons (Fsp3) is 0.750. The second-order valence-electron chi connectivity index (χ2n) is 6.31. The Hall–Kier alpha value is -1.01. The van der Waals surface area contributed by atoms with Gasteiger partial charge in [-0.25, -0.2) is 4.98 Å². The minimum atomic E-state index is -0.248. The van der Waals surface area contributed by atoms with Gasteiger partial charge in [0.15, 0.2) is 5.69 Å². The summed E-state index contributed by atoms with van der Waals surface area (Å²) in [5, 5.41) is 3.10. The van der Waals surface area contributed by atoms with Gasteiger partial charge in [-0.1, -0.05) is 26.7 Å². The lowest BCUT2D eigenvalue weighted by atomic mass is 9.78. The van der Waals surface area contributed by atoms with Crippen molar-refractivity contribution in [3.05, 3.63) is 17.8 Å². The number of hydrogen-bond acceptors (Lipinski definition) is 5. The zero-order valence-electron chi connectivity index (χ0n) is 13.7. The predicted octanol–water partition coefficient (Wildman–Crippen LogP) is 2.98. The number of oxazole rings is 1. The molecule has 0 aliphatic heterocycles. The van der Waals surface area contributed by atoms with Crippen LogP contribution in [-0.4, -0.2) is 28.9 Å². The highest BCUT2D eigenvalue weighted by atomic mass is 32.2. The predicted molar refractivity (Wildman–Crippen MR) is 89.9 cm³/mol. The molecule has 1 saturated carbocycles. The Labute approximate surface area is 136 Å². The smallest absolute Gasteiger partial charge is 0.273 e. The summed E-state index contributed by atoms with van der Waals surface area (Å²) in [6.07, 6.45) is 7.69. The monoisotopic (exact) mass is 325 g/mol. The summed E-state index contributed by atoms with van der Waals surface area (Å²) in [7, 11) is 0. The van der Waals surface area contributed by atoms with E-state index < -0.39 is 0 Å². The second kappa shape index (κ2) is 8.02. The van der Waals surface area contributed by atoms with Crippen LogP contribution in [0.25, 0.3) is 0 Å². The molecule has 1 heterocycles.